The Bertz CT molecular complexity index is 8.00. The summed E-state index contributed by atoms with van der Waals surface area (Å²) in [6.45, 7) is 0. The van der Waals surface area contributed by atoms with E-state index >= 15 is 0 Å². The molecule has 0 saturated heterocycles. The maximum atomic E-state index is 0. The summed E-state index contributed by atoms with van der Waals surface area (Å²) in [7, 11) is 0. The first kappa shape index (κ1) is 37.2. The predicted molar refractivity (Wildman–Crippen MR) is 12.5 cm³/mol. The molecule has 0 aliphatic carbocycles. The molecule has 0 amide bonds. The molecule has 0 spiro atoms. The Kier molecular flexibility index (Phi) is 185. The van der Waals surface area contributed by atoms with Gasteiger partial charge < -0.3 is 0 Å². The van der Waals surface area contributed by atoms with E-state index in [2.05, 4.69) is 0 Å². The molecule has 3 heteroatoms. The van der Waals surface area contributed by atoms with E-state index in [0.29, 0.717) is 0 Å². The van der Waals surface area contributed by atoms with E-state index in [0.717, 1.165) is 0 Å². The minimum Gasteiger partial charge on any atom is -0.0776 e. The largest absolute Gasteiger partial charge is 0.0776 e. The van der Waals surface area contributed by atoms with Crippen molar-refractivity contribution in [3.8, 4) is 0 Å². The molecule has 4 heavy (non-hydrogen) atoms. The van der Waals surface area contributed by atoms with Gasteiger partial charge in [0.05, 0.1) is 0 Å². The molecule has 0 fully saturated rings. The summed E-state index contributed by atoms with van der Waals surface area (Å²) >= 11 is 0. The molecule has 0 rings (SSSR count). The van der Waals surface area contributed by atoms with Crippen LogP contribution in [0.4, 0.5) is 0 Å². The van der Waals surface area contributed by atoms with E-state index in [4.69, 9.17) is 0 Å². The van der Waals surface area contributed by atoms with E-state index in [1.165, 1.54) is 0 Å². The molecule has 0 aromatic carbocycles. The molecule has 0 heterocycles. The van der Waals surface area contributed by atoms with Crippen LogP contribution in [0.1, 0.15) is 7.43 Å². The van der Waals surface area contributed by atoms with Crippen molar-refractivity contribution in [3.05, 3.63) is 0 Å². The van der Waals surface area contributed by atoms with Crippen LogP contribution in [0.2, 0.25) is 0 Å². The average molecular weight is 242 g/mol. The van der Waals surface area contributed by atoms with Crippen LogP contribution in [-0.4, -0.2) is 23.9 Å². The second-order valence-electron chi connectivity index (χ2n) is 0. The van der Waals surface area contributed by atoms with Gasteiger partial charge >= 0.3 is 0 Å². The maximum Gasteiger partial charge on any atom is 0 e. The van der Waals surface area contributed by atoms with Crippen LogP contribution in [0.3, 0.4) is 0 Å². The second-order valence-corrected chi connectivity index (χ2v) is 0. The van der Waals surface area contributed by atoms with Crippen LogP contribution in [0.15, 0.2) is 0 Å². The van der Waals surface area contributed by atoms with Crippen molar-refractivity contribution in [1.29, 1.82) is 0 Å². The maximum absolute atomic E-state index is 0. The third-order valence-corrected chi connectivity index (χ3v) is 0. The molecular weight excluding hydrogens is 238 g/mol. The Balaban J connectivity index is 0. The Morgan fingerprint density at radius 1 is 1.00 bits per heavy atom. The number of rotatable bonds is 0. The molecule has 0 N–H and O–H groups in total. The van der Waals surface area contributed by atoms with Gasteiger partial charge in [0.25, 0.3) is 0 Å². The fraction of sp³-hybridized carbons (Fsp3) is 1.00. The third kappa shape index (κ3) is 8.99. The molecule has 0 saturated carbocycles. The van der Waals surface area contributed by atoms with Crippen LogP contribution in [0.25, 0.3) is 0 Å². The van der Waals surface area contributed by atoms with Crippen molar-refractivity contribution >= 4 is 23.9 Å². The van der Waals surface area contributed by atoms with Gasteiger partial charge in [0, 0.05) is 62.4 Å². The monoisotopic (exact) mass is 243 g/mol. The molecular formula is CH4CoSnTi. The minimum atomic E-state index is 0. The van der Waals surface area contributed by atoms with E-state index in [9.17, 15) is 0 Å². The van der Waals surface area contributed by atoms with Crippen molar-refractivity contribution in [2.24, 2.45) is 0 Å². The summed E-state index contributed by atoms with van der Waals surface area (Å²) in [5.74, 6) is 0. The Hall–Kier alpha value is 2.02. The minimum absolute atomic E-state index is 0. The first-order valence-corrected chi connectivity index (χ1v) is 0. The summed E-state index contributed by atoms with van der Waals surface area (Å²) in [4.78, 5) is 0. The van der Waals surface area contributed by atoms with E-state index in [1.54, 1.807) is 0 Å². The molecule has 0 unspecified atom stereocenters. The van der Waals surface area contributed by atoms with Gasteiger partial charge in [-0.2, -0.15) is 0 Å². The normalized spacial score (nSPS) is 0. The summed E-state index contributed by atoms with van der Waals surface area (Å²) in [5, 5.41) is 0. The fourth-order valence-corrected chi connectivity index (χ4v) is 0. The average Bonchev–Trinajstić information content (AvgIpc) is 0. The quantitative estimate of drug-likeness (QED) is 0.534. The Morgan fingerprint density at radius 2 is 1.00 bits per heavy atom. The molecule has 0 aliphatic heterocycles. The molecule has 5 radical (unpaired) electrons. The van der Waals surface area contributed by atoms with Gasteiger partial charge in [0.1, 0.15) is 0 Å². The molecule has 0 aromatic heterocycles. The van der Waals surface area contributed by atoms with E-state index in [1.807, 2.05) is 0 Å². The summed E-state index contributed by atoms with van der Waals surface area (Å²) in [6, 6.07) is 0. The zero-order valence-electron chi connectivity index (χ0n) is 1.33. The molecule has 0 aliphatic rings. The molecule has 25 valence electrons. The van der Waals surface area contributed by atoms with Crippen molar-refractivity contribution in [1.82, 2.24) is 0 Å². The van der Waals surface area contributed by atoms with Crippen molar-refractivity contribution in [3.63, 3.8) is 0 Å². The summed E-state index contributed by atoms with van der Waals surface area (Å²) in [6.07, 6.45) is 0. The van der Waals surface area contributed by atoms with Gasteiger partial charge in [-0.3, -0.25) is 0 Å². The van der Waals surface area contributed by atoms with Gasteiger partial charge in [0.2, 0.25) is 0 Å². The van der Waals surface area contributed by atoms with Gasteiger partial charge in [-0.1, -0.05) is 7.43 Å². The topological polar surface area (TPSA) is 0 Å². The van der Waals surface area contributed by atoms with Crippen molar-refractivity contribution in [2.75, 3.05) is 0 Å². The number of hydrogen-bond acceptors (Lipinski definition) is 0. The van der Waals surface area contributed by atoms with Gasteiger partial charge in [0.15, 0.2) is 0 Å². The van der Waals surface area contributed by atoms with E-state index < -0.39 is 0 Å². The molecule has 0 atom stereocenters. The van der Waals surface area contributed by atoms with E-state index in [-0.39, 0.29) is 69.8 Å². The van der Waals surface area contributed by atoms with Crippen LogP contribution in [0, 0.1) is 0 Å². The van der Waals surface area contributed by atoms with Crippen LogP contribution >= 0.6 is 0 Å². The number of hydrogen-bond donors (Lipinski definition) is 0. The van der Waals surface area contributed by atoms with Gasteiger partial charge in [-0.15, -0.1) is 0 Å². The molecule has 0 bridgehead atoms. The molecule has 0 nitrogen and oxygen atoms in total. The summed E-state index contributed by atoms with van der Waals surface area (Å²) < 4.78 is 0. The second kappa shape index (κ2) is 19.9. The van der Waals surface area contributed by atoms with Crippen LogP contribution < -0.4 is 0 Å². The molecule has 0 aromatic rings. The van der Waals surface area contributed by atoms with Crippen molar-refractivity contribution < 1.29 is 38.5 Å². The Labute approximate surface area is 69.1 Å². The Morgan fingerprint density at radius 3 is 1.00 bits per heavy atom. The van der Waals surface area contributed by atoms with Gasteiger partial charge in [-0.05, 0) is 0 Å². The van der Waals surface area contributed by atoms with Gasteiger partial charge in [-0.25, -0.2) is 0 Å². The zero-order chi connectivity index (χ0) is 0. The van der Waals surface area contributed by atoms with Crippen LogP contribution in [-0.2, 0) is 38.5 Å². The first-order valence-electron chi connectivity index (χ1n) is 0. The van der Waals surface area contributed by atoms with Crippen molar-refractivity contribution in [2.45, 2.75) is 7.43 Å². The third-order valence-electron chi connectivity index (χ3n) is 0. The first-order chi connectivity index (χ1) is 0. The smallest absolute Gasteiger partial charge is 0 e. The SMILES string of the molecule is C.[Co].[Sn].[Ti]. The van der Waals surface area contributed by atoms with Crippen LogP contribution in [0.5, 0.6) is 0 Å². The summed E-state index contributed by atoms with van der Waals surface area (Å²) in [5.41, 5.74) is 0. The fourth-order valence-electron chi connectivity index (χ4n) is 0. The predicted octanol–water partition coefficient (Wildman–Crippen LogP) is 0.250. The standard InChI is InChI=1S/CH4.Co.Sn.Ti/h1H4;;;. The zero-order valence-corrected chi connectivity index (χ0v) is 6.79.